The summed E-state index contributed by atoms with van der Waals surface area (Å²) < 4.78 is 16.6. The van der Waals surface area contributed by atoms with Crippen LogP contribution in [0.2, 0.25) is 0 Å². The summed E-state index contributed by atoms with van der Waals surface area (Å²) >= 11 is 1.65. The quantitative estimate of drug-likeness (QED) is 0.549. The number of pyridine rings is 1. The zero-order valence-corrected chi connectivity index (χ0v) is 15.6. The molecule has 0 atom stereocenters. The highest BCUT2D eigenvalue weighted by Gasteiger charge is 2.18. The first-order valence-corrected chi connectivity index (χ1v) is 9.50. The summed E-state index contributed by atoms with van der Waals surface area (Å²) in [6.45, 7) is 0. The molecule has 4 rings (SSSR count). The van der Waals surface area contributed by atoms with Gasteiger partial charge in [0, 0.05) is 17.6 Å². The SMILES string of the molecule is CSc1ccc(-c2cc3c(c(N)nn3C)c(=O)n2-c2ccc(F)cc2)cc1. The first kappa shape index (κ1) is 17.4. The molecule has 27 heavy (non-hydrogen) atoms. The number of hydrogen-bond acceptors (Lipinski definition) is 4. The lowest BCUT2D eigenvalue weighted by atomic mass is 10.1. The van der Waals surface area contributed by atoms with Gasteiger partial charge in [0.05, 0.1) is 11.2 Å². The summed E-state index contributed by atoms with van der Waals surface area (Å²) in [6, 6.07) is 15.6. The zero-order chi connectivity index (χ0) is 19.1. The molecule has 0 spiro atoms. The maximum atomic E-state index is 13.4. The van der Waals surface area contributed by atoms with E-state index >= 15 is 0 Å². The topological polar surface area (TPSA) is 65.8 Å². The Hall–Kier alpha value is -3.06. The van der Waals surface area contributed by atoms with Gasteiger partial charge in [0.25, 0.3) is 5.56 Å². The first-order valence-electron chi connectivity index (χ1n) is 8.28. The number of benzene rings is 2. The second-order valence-electron chi connectivity index (χ2n) is 6.14. The molecule has 136 valence electrons. The Labute approximate surface area is 159 Å². The fourth-order valence-corrected chi connectivity index (χ4v) is 3.59. The molecule has 0 aliphatic heterocycles. The van der Waals surface area contributed by atoms with Crippen molar-refractivity contribution in [3.8, 4) is 16.9 Å². The minimum absolute atomic E-state index is 0.178. The molecule has 0 aliphatic rings. The molecule has 0 bridgehead atoms. The van der Waals surface area contributed by atoms with Crippen LogP contribution in [0.5, 0.6) is 0 Å². The lowest BCUT2D eigenvalue weighted by Gasteiger charge is -2.14. The Balaban J connectivity index is 2.08. The van der Waals surface area contributed by atoms with E-state index in [1.54, 1.807) is 40.2 Å². The number of thioether (sulfide) groups is 1. The van der Waals surface area contributed by atoms with Crippen LogP contribution in [0.3, 0.4) is 0 Å². The van der Waals surface area contributed by atoms with Gasteiger partial charge in [0.1, 0.15) is 11.2 Å². The number of nitrogens with zero attached hydrogens (tertiary/aromatic N) is 3. The molecule has 4 aromatic rings. The van der Waals surface area contributed by atoms with Crippen molar-refractivity contribution in [1.82, 2.24) is 14.3 Å². The smallest absolute Gasteiger partial charge is 0.268 e. The Morgan fingerprint density at radius 3 is 2.37 bits per heavy atom. The largest absolute Gasteiger partial charge is 0.382 e. The van der Waals surface area contributed by atoms with E-state index in [-0.39, 0.29) is 17.2 Å². The molecule has 0 radical (unpaired) electrons. The minimum Gasteiger partial charge on any atom is -0.382 e. The van der Waals surface area contributed by atoms with Crippen LogP contribution in [0.1, 0.15) is 0 Å². The summed E-state index contributed by atoms with van der Waals surface area (Å²) in [4.78, 5) is 14.4. The van der Waals surface area contributed by atoms with Crippen molar-refractivity contribution in [2.24, 2.45) is 7.05 Å². The van der Waals surface area contributed by atoms with Gasteiger partial charge < -0.3 is 5.73 Å². The highest BCUT2D eigenvalue weighted by molar-refractivity contribution is 7.98. The maximum absolute atomic E-state index is 13.4. The summed E-state index contributed by atoms with van der Waals surface area (Å²) in [5.74, 6) is -0.183. The maximum Gasteiger partial charge on any atom is 0.268 e. The Morgan fingerprint density at radius 1 is 1.07 bits per heavy atom. The van der Waals surface area contributed by atoms with Crippen molar-refractivity contribution in [2.45, 2.75) is 4.90 Å². The highest BCUT2D eigenvalue weighted by Crippen LogP contribution is 2.28. The van der Waals surface area contributed by atoms with E-state index in [0.717, 1.165) is 10.5 Å². The molecule has 2 aromatic heterocycles. The molecule has 0 amide bonds. The van der Waals surface area contributed by atoms with Gasteiger partial charge in [0.2, 0.25) is 0 Å². The van der Waals surface area contributed by atoms with Gasteiger partial charge in [0.15, 0.2) is 5.82 Å². The van der Waals surface area contributed by atoms with Crippen LogP contribution in [-0.2, 0) is 7.05 Å². The lowest BCUT2D eigenvalue weighted by molar-refractivity contribution is 0.627. The predicted octanol–water partition coefficient (Wildman–Crippen LogP) is 3.83. The van der Waals surface area contributed by atoms with Crippen molar-refractivity contribution in [3.63, 3.8) is 0 Å². The van der Waals surface area contributed by atoms with E-state index in [4.69, 9.17) is 5.73 Å². The number of nitrogens with two attached hydrogens (primary N) is 1. The fraction of sp³-hybridized carbons (Fsp3) is 0.100. The highest BCUT2D eigenvalue weighted by atomic mass is 32.2. The Kier molecular flexibility index (Phi) is 4.24. The number of nitrogen functional groups attached to an aromatic ring is 1. The van der Waals surface area contributed by atoms with E-state index in [1.165, 1.54) is 12.1 Å². The number of rotatable bonds is 3. The van der Waals surface area contributed by atoms with Crippen molar-refractivity contribution >= 4 is 28.5 Å². The normalized spacial score (nSPS) is 11.2. The van der Waals surface area contributed by atoms with E-state index in [9.17, 15) is 9.18 Å². The monoisotopic (exact) mass is 380 g/mol. The van der Waals surface area contributed by atoms with Crippen LogP contribution in [-0.4, -0.2) is 20.6 Å². The van der Waals surface area contributed by atoms with Gasteiger partial charge in [-0.2, -0.15) is 5.10 Å². The summed E-state index contributed by atoms with van der Waals surface area (Å²) in [5.41, 5.74) is 8.46. The number of anilines is 1. The third kappa shape index (κ3) is 2.90. The van der Waals surface area contributed by atoms with Crippen LogP contribution < -0.4 is 11.3 Å². The molecule has 7 heteroatoms. The van der Waals surface area contributed by atoms with Crippen LogP contribution in [0.4, 0.5) is 10.2 Å². The van der Waals surface area contributed by atoms with Crippen LogP contribution >= 0.6 is 11.8 Å². The van der Waals surface area contributed by atoms with Gasteiger partial charge in [-0.05, 0) is 54.3 Å². The fourth-order valence-electron chi connectivity index (χ4n) is 3.18. The third-order valence-corrected chi connectivity index (χ3v) is 5.26. The standard InChI is InChI=1S/C20H17FN4OS/c1-24-17-11-16(12-3-9-15(27-2)10-4-12)25(14-7-5-13(21)6-8-14)20(26)18(17)19(22)23-24/h3-11H,1-2H3,(H2,22,23). The first-order chi connectivity index (χ1) is 13.0. The Morgan fingerprint density at radius 2 is 1.74 bits per heavy atom. The second kappa shape index (κ2) is 6.59. The van der Waals surface area contributed by atoms with Crippen molar-refractivity contribution in [3.05, 3.63) is 70.8 Å². The van der Waals surface area contributed by atoms with E-state index in [1.807, 2.05) is 36.6 Å². The zero-order valence-electron chi connectivity index (χ0n) is 14.8. The average molecular weight is 380 g/mol. The predicted molar refractivity (Wildman–Crippen MR) is 108 cm³/mol. The van der Waals surface area contributed by atoms with Gasteiger partial charge in [-0.15, -0.1) is 11.8 Å². The molecule has 0 fully saturated rings. The number of hydrogen-bond donors (Lipinski definition) is 1. The molecule has 2 heterocycles. The van der Waals surface area contributed by atoms with Crippen molar-refractivity contribution in [2.75, 3.05) is 12.0 Å². The molecule has 0 saturated heterocycles. The van der Waals surface area contributed by atoms with Gasteiger partial charge in [-0.3, -0.25) is 14.0 Å². The van der Waals surface area contributed by atoms with Crippen molar-refractivity contribution < 1.29 is 4.39 Å². The lowest BCUT2D eigenvalue weighted by Crippen LogP contribution is -2.21. The molecule has 0 aliphatic carbocycles. The second-order valence-corrected chi connectivity index (χ2v) is 7.02. The molecular weight excluding hydrogens is 363 g/mol. The number of fused-ring (bicyclic) bond motifs is 1. The van der Waals surface area contributed by atoms with Crippen LogP contribution in [0.25, 0.3) is 27.8 Å². The molecule has 2 N–H and O–H groups in total. The van der Waals surface area contributed by atoms with E-state index in [2.05, 4.69) is 5.10 Å². The van der Waals surface area contributed by atoms with Crippen molar-refractivity contribution in [1.29, 1.82) is 0 Å². The van der Waals surface area contributed by atoms with E-state index < -0.39 is 0 Å². The molecule has 0 saturated carbocycles. The molecule has 5 nitrogen and oxygen atoms in total. The minimum atomic E-state index is -0.361. The van der Waals surface area contributed by atoms with Crippen LogP contribution in [0.15, 0.2) is 64.3 Å². The van der Waals surface area contributed by atoms with E-state index in [0.29, 0.717) is 22.3 Å². The molecule has 0 unspecified atom stereocenters. The number of aromatic nitrogens is 3. The number of halogens is 1. The summed E-state index contributed by atoms with van der Waals surface area (Å²) in [5, 5.41) is 4.53. The Bertz CT molecular complexity index is 1190. The van der Waals surface area contributed by atoms with Gasteiger partial charge in [-0.1, -0.05) is 12.1 Å². The number of aryl methyl sites for hydroxylation is 1. The molecule has 2 aromatic carbocycles. The molecular formula is C20H17FN4OS. The third-order valence-electron chi connectivity index (χ3n) is 4.52. The summed E-state index contributed by atoms with van der Waals surface area (Å²) in [7, 11) is 1.75. The van der Waals surface area contributed by atoms with Crippen LogP contribution in [0, 0.1) is 5.82 Å². The summed E-state index contributed by atoms with van der Waals surface area (Å²) in [6.07, 6.45) is 2.01. The van der Waals surface area contributed by atoms with Gasteiger partial charge in [-0.25, -0.2) is 4.39 Å². The average Bonchev–Trinajstić information content (AvgIpc) is 2.96. The van der Waals surface area contributed by atoms with Gasteiger partial charge >= 0.3 is 0 Å².